The van der Waals surface area contributed by atoms with E-state index in [0.717, 1.165) is 47.5 Å². The number of benzene rings is 4. The van der Waals surface area contributed by atoms with Crippen molar-refractivity contribution in [2.24, 2.45) is 0 Å². The summed E-state index contributed by atoms with van der Waals surface area (Å²) in [6.07, 6.45) is 5.05. The molecule has 1 N–H and O–H groups in total. The van der Waals surface area contributed by atoms with Crippen molar-refractivity contribution in [3.05, 3.63) is 124 Å². The van der Waals surface area contributed by atoms with Gasteiger partial charge in [-0.05, 0) is 73.9 Å². The zero-order valence-corrected chi connectivity index (χ0v) is 30.0. The summed E-state index contributed by atoms with van der Waals surface area (Å²) in [5.41, 5.74) is 2.45. The fraction of sp³-hybridized carbons (Fsp3) is 0.316. The summed E-state index contributed by atoms with van der Waals surface area (Å²) in [6, 6.07) is 26.4. The van der Waals surface area contributed by atoms with E-state index in [4.69, 9.17) is 27.9 Å². The first kappa shape index (κ1) is 36.2. The van der Waals surface area contributed by atoms with Gasteiger partial charge in [0, 0.05) is 34.6 Å². The van der Waals surface area contributed by atoms with Crippen LogP contribution in [0.2, 0.25) is 10.0 Å². The van der Waals surface area contributed by atoms with E-state index in [1.165, 1.54) is 24.1 Å². The second-order valence-electron chi connectivity index (χ2n) is 12.3. The number of sulfonamides is 1. The summed E-state index contributed by atoms with van der Waals surface area (Å²) in [6.45, 7) is 1.16. The second kappa shape index (κ2) is 16.6. The number of aryl methyl sites for hydroxylation is 1. The van der Waals surface area contributed by atoms with Crippen LogP contribution in [0.25, 0.3) is 0 Å². The molecule has 0 spiro atoms. The van der Waals surface area contributed by atoms with Gasteiger partial charge in [0.05, 0.1) is 17.7 Å². The number of methoxy groups -OCH3 is 1. The molecule has 0 bridgehead atoms. The summed E-state index contributed by atoms with van der Waals surface area (Å²) < 4.78 is 34.9. The number of nitrogens with one attached hydrogen (secondary N) is 1. The molecule has 0 saturated heterocycles. The molecular weight excluding hydrogens is 681 g/mol. The van der Waals surface area contributed by atoms with Crippen molar-refractivity contribution in [2.75, 3.05) is 18.0 Å². The zero-order valence-electron chi connectivity index (χ0n) is 27.6. The summed E-state index contributed by atoms with van der Waals surface area (Å²) in [5.74, 6) is -0.382. The van der Waals surface area contributed by atoms with Crippen LogP contribution in [-0.4, -0.2) is 50.9 Å². The SMILES string of the molecule is COc1ccc(N(CC(=O)N(Cc2c(Cl)cccc2Cl)[C@@H](Cc2ccccc2)C(=O)NC2CCCCC2)S(=O)(=O)c2ccc(C)cc2)cc1. The van der Waals surface area contributed by atoms with Gasteiger partial charge in [-0.1, -0.05) is 96.6 Å². The van der Waals surface area contributed by atoms with Crippen molar-refractivity contribution in [1.29, 1.82) is 0 Å². The highest BCUT2D eigenvalue weighted by atomic mass is 35.5. The Kier molecular flexibility index (Phi) is 12.3. The first-order chi connectivity index (χ1) is 23.6. The average Bonchev–Trinajstić information content (AvgIpc) is 3.10. The van der Waals surface area contributed by atoms with Gasteiger partial charge >= 0.3 is 0 Å². The second-order valence-corrected chi connectivity index (χ2v) is 15.0. The van der Waals surface area contributed by atoms with Crippen LogP contribution in [0.1, 0.15) is 48.8 Å². The molecule has 2 amide bonds. The molecule has 1 aliphatic rings. The quantitative estimate of drug-likeness (QED) is 0.154. The van der Waals surface area contributed by atoms with Crippen LogP contribution in [-0.2, 0) is 32.6 Å². The smallest absolute Gasteiger partial charge is 0.264 e. The standard InChI is InChI=1S/C38H41Cl2N3O5S/c1-27-16-22-32(23-17-27)49(46,47)43(30-18-20-31(48-2)21-19-30)26-37(44)42(25-33-34(39)14-9-15-35(33)40)36(24-28-10-5-3-6-11-28)38(45)41-29-12-7-4-8-13-29/h3,5-6,9-11,14-23,29,36H,4,7-8,12-13,24-26H2,1-2H3,(H,41,45)/t36-/m0/s1. The highest BCUT2D eigenvalue weighted by Crippen LogP contribution is 2.30. The third-order valence-electron chi connectivity index (χ3n) is 8.86. The molecule has 0 heterocycles. The molecule has 1 atom stereocenters. The molecule has 0 unspecified atom stereocenters. The molecule has 5 rings (SSSR count). The van der Waals surface area contributed by atoms with Crippen LogP contribution >= 0.6 is 23.2 Å². The Balaban J connectivity index is 1.59. The van der Waals surface area contributed by atoms with E-state index in [-0.39, 0.29) is 35.5 Å². The van der Waals surface area contributed by atoms with E-state index < -0.39 is 28.5 Å². The fourth-order valence-corrected chi connectivity index (χ4v) is 8.00. The maximum absolute atomic E-state index is 14.8. The first-order valence-electron chi connectivity index (χ1n) is 16.4. The Hall–Kier alpha value is -4.05. The molecule has 1 saturated carbocycles. The van der Waals surface area contributed by atoms with Crippen LogP contribution < -0.4 is 14.4 Å². The topological polar surface area (TPSA) is 96.0 Å². The maximum atomic E-state index is 14.8. The van der Waals surface area contributed by atoms with Gasteiger partial charge in [-0.25, -0.2) is 8.42 Å². The highest BCUT2D eigenvalue weighted by Gasteiger charge is 2.36. The molecule has 49 heavy (non-hydrogen) atoms. The third kappa shape index (κ3) is 9.15. The molecular formula is C38H41Cl2N3O5S. The number of carbonyl (C=O) groups excluding carboxylic acids is 2. The monoisotopic (exact) mass is 721 g/mol. The lowest BCUT2D eigenvalue weighted by atomic mass is 9.94. The minimum atomic E-state index is -4.24. The number of nitrogens with zero attached hydrogens (tertiary/aromatic N) is 2. The van der Waals surface area contributed by atoms with Crippen molar-refractivity contribution in [2.45, 2.75) is 69.0 Å². The lowest BCUT2D eigenvalue weighted by Gasteiger charge is -2.35. The normalized spacial score (nSPS) is 14.1. The number of anilines is 1. The molecule has 8 nitrogen and oxygen atoms in total. The average molecular weight is 723 g/mol. The van der Waals surface area contributed by atoms with Crippen molar-refractivity contribution < 1.29 is 22.7 Å². The van der Waals surface area contributed by atoms with Crippen LogP contribution in [0.15, 0.2) is 102 Å². The largest absolute Gasteiger partial charge is 0.497 e. The number of amides is 2. The van der Waals surface area contributed by atoms with Gasteiger partial charge < -0.3 is 15.0 Å². The minimum Gasteiger partial charge on any atom is -0.497 e. The molecule has 1 aliphatic carbocycles. The highest BCUT2D eigenvalue weighted by molar-refractivity contribution is 7.92. The Morgan fingerprint density at radius 3 is 2.10 bits per heavy atom. The van der Waals surface area contributed by atoms with Crippen LogP contribution in [0.3, 0.4) is 0 Å². The van der Waals surface area contributed by atoms with E-state index in [1.54, 1.807) is 54.6 Å². The summed E-state index contributed by atoms with van der Waals surface area (Å²) in [5, 5.41) is 3.86. The van der Waals surface area contributed by atoms with Crippen molar-refractivity contribution in [1.82, 2.24) is 10.2 Å². The predicted octanol–water partition coefficient (Wildman–Crippen LogP) is 7.59. The molecule has 0 radical (unpaired) electrons. The van der Waals surface area contributed by atoms with E-state index >= 15 is 0 Å². The predicted molar refractivity (Wildman–Crippen MR) is 195 cm³/mol. The Bertz CT molecular complexity index is 1810. The molecule has 4 aromatic rings. The molecule has 0 aromatic heterocycles. The van der Waals surface area contributed by atoms with Gasteiger partial charge in [0.2, 0.25) is 11.8 Å². The molecule has 0 aliphatic heterocycles. The number of rotatable bonds is 13. The van der Waals surface area contributed by atoms with Crippen LogP contribution in [0, 0.1) is 6.92 Å². The number of hydrogen-bond acceptors (Lipinski definition) is 5. The summed E-state index contributed by atoms with van der Waals surface area (Å²) in [7, 11) is -2.73. The van der Waals surface area contributed by atoms with Crippen LogP contribution in [0.5, 0.6) is 5.75 Å². The third-order valence-corrected chi connectivity index (χ3v) is 11.4. The summed E-state index contributed by atoms with van der Waals surface area (Å²) >= 11 is 13.3. The number of halogens is 2. The van der Waals surface area contributed by atoms with Gasteiger partial charge in [-0.3, -0.25) is 13.9 Å². The number of carbonyl (C=O) groups is 2. The Morgan fingerprint density at radius 1 is 0.857 bits per heavy atom. The minimum absolute atomic E-state index is 0.0157. The Labute approximate surface area is 299 Å². The molecule has 4 aromatic carbocycles. The van der Waals surface area contributed by atoms with Crippen LogP contribution in [0.4, 0.5) is 5.69 Å². The number of hydrogen-bond donors (Lipinski definition) is 1. The van der Waals surface area contributed by atoms with E-state index in [2.05, 4.69) is 5.32 Å². The van der Waals surface area contributed by atoms with Gasteiger partial charge in [-0.15, -0.1) is 0 Å². The van der Waals surface area contributed by atoms with E-state index in [9.17, 15) is 18.0 Å². The fourth-order valence-electron chi connectivity index (χ4n) is 6.07. The molecule has 11 heteroatoms. The van der Waals surface area contributed by atoms with Crippen molar-refractivity contribution >= 4 is 50.7 Å². The van der Waals surface area contributed by atoms with Gasteiger partial charge in [0.1, 0.15) is 18.3 Å². The van der Waals surface area contributed by atoms with Crippen molar-refractivity contribution in [3.8, 4) is 5.75 Å². The number of ether oxygens (including phenoxy) is 1. The van der Waals surface area contributed by atoms with Gasteiger partial charge in [0.15, 0.2) is 0 Å². The Morgan fingerprint density at radius 2 is 1.49 bits per heavy atom. The van der Waals surface area contributed by atoms with E-state index in [1.807, 2.05) is 37.3 Å². The summed E-state index contributed by atoms with van der Waals surface area (Å²) in [4.78, 5) is 30.5. The van der Waals surface area contributed by atoms with E-state index in [0.29, 0.717) is 21.4 Å². The molecule has 258 valence electrons. The first-order valence-corrected chi connectivity index (χ1v) is 18.6. The molecule has 1 fully saturated rings. The van der Waals surface area contributed by atoms with Crippen molar-refractivity contribution in [3.63, 3.8) is 0 Å². The van der Waals surface area contributed by atoms with Gasteiger partial charge in [0.25, 0.3) is 10.0 Å². The zero-order chi connectivity index (χ0) is 35.0. The lowest BCUT2D eigenvalue weighted by molar-refractivity contribution is -0.140. The van der Waals surface area contributed by atoms with Gasteiger partial charge in [-0.2, -0.15) is 0 Å². The lowest BCUT2D eigenvalue weighted by Crippen LogP contribution is -2.55. The maximum Gasteiger partial charge on any atom is 0.264 e.